The lowest BCUT2D eigenvalue weighted by atomic mass is 10.1. The number of hydrogen-bond donors (Lipinski definition) is 1. The average molecular weight is 336 g/mol. The molecule has 0 spiro atoms. The van der Waals surface area contributed by atoms with E-state index in [4.69, 9.17) is 4.74 Å². The molecule has 1 fully saturated rings. The standard InChI is InChI=1S/C16H15F3N4O/c17-16(18,19)9-23-15(10-5-6-24-8-10)21-14(22-23)12-7-20-13-4-2-1-3-11(12)13/h1-4,7,10,20H,5-6,8-9H2. The van der Waals surface area contributed by atoms with Crippen LogP contribution in [-0.4, -0.2) is 39.1 Å². The first kappa shape index (κ1) is 15.2. The van der Waals surface area contributed by atoms with Crippen LogP contribution in [0.1, 0.15) is 18.2 Å². The lowest BCUT2D eigenvalue weighted by Gasteiger charge is -2.11. The van der Waals surface area contributed by atoms with Gasteiger partial charge in [-0.2, -0.15) is 18.3 Å². The van der Waals surface area contributed by atoms with Crippen LogP contribution >= 0.6 is 0 Å². The number of nitrogens with zero attached hydrogens (tertiary/aromatic N) is 3. The number of aromatic nitrogens is 4. The van der Waals surface area contributed by atoms with Gasteiger partial charge in [0.25, 0.3) is 0 Å². The quantitative estimate of drug-likeness (QED) is 0.796. The summed E-state index contributed by atoms with van der Waals surface area (Å²) < 4.78 is 44.9. The number of para-hydroxylation sites is 1. The van der Waals surface area contributed by atoms with Crippen molar-refractivity contribution in [1.29, 1.82) is 0 Å². The van der Waals surface area contributed by atoms with Crippen molar-refractivity contribution in [2.24, 2.45) is 0 Å². The Morgan fingerprint density at radius 2 is 2.12 bits per heavy atom. The van der Waals surface area contributed by atoms with Crippen LogP contribution in [0.4, 0.5) is 13.2 Å². The van der Waals surface area contributed by atoms with Crippen molar-refractivity contribution >= 4 is 10.9 Å². The van der Waals surface area contributed by atoms with Crippen LogP contribution in [0.15, 0.2) is 30.5 Å². The van der Waals surface area contributed by atoms with Crippen molar-refractivity contribution in [2.45, 2.75) is 25.1 Å². The fraction of sp³-hybridized carbons (Fsp3) is 0.375. The van der Waals surface area contributed by atoms with Crippen LogP contribution in [0.25, 0.3) is 22.3 Å². The zero-order valence-electron chi connectivity index (χ0n) is 12.7. The van der Waals surface area contributed by atoms with E-state index < -0.39 is 12.7 Å². The van der Waals surface area contributed by atoms with Gasteiger partial charge in [0.1, 0.15) is 12.4 Å². The second-order valence-electron chi connectivity index (χ2n) is 5.87. The Morgan fingerprint density at radius 3 is 2.88 bits per heavy atom. The molecule has 8 heteroatoms. The third-order valence-electron chi connectivity index (χ3n) is 4.15. The van der Waals surface area contributed by atoms with E-state index in [0.29, 0.717) is 36.8 Å². The van der Waals surface area contributed by atoms with Gasteiger partial charge in [-0.3, -0.25) is 0 Å². The Bertz CT molecular complexity index is 862. The zero-order valence-corrected chi connectivity index (χ0v) is 12.7. The molecule has 0 bridgehead atoms. The zero-order chi connectivity index (χ0) is 16.7. The molecule has 126 valence electrons. The van der Waals surface area contributed by atoms with E-state index in [1.54, 1.807) is 6.20 Å². The van der Waals surface area contributed by atoms with Gasteiger partial charge >= 0.3 is 6.18 Å². The number of aromatic amines is 1. The first-order valence-electron chi connectivity index (χ1n) is 7.67. The van der Waals surface area contributed by atoms with Gasteiger partial charge in [0.15, 0.2) is 5.82 Å². The molecular weight excluding hydrogens is 321 g/mol. The number of H-pyrrole nitrogens is 1. The summed E-state index contributed by atoms with van der Waals surface area (Å²) in [6.07, 6.45) is -1.96. The first-order chi connectivity index (χ1) is 11.5. The van der Waals surface area contributed by atoms with Gasteiger partial charge in [-0.15, -0.1) is 0 Å². The second-order valence-corrected chi connectivity index (χ2v) is 5.87. The number of rotatable bonds is 3. The summed E-state index contributed by atoms with van der Waals surface area (Å²) in [5, 5.41) is 5.03. The molecule has 3 heterocycles. The van der Waals surface area contributed by atoms with Crippen LogP contribution < -0.4 is 0 Å². The van der Waals surface area contributed by atoms with Crippen LogP contribution in [-0.2, 0) is 11.3 Å². The summed E-state index contributed by atoms with van der Waals surface area (Å²) in [4.78, 5) is 7.52. The molecular formula is C16H15F3N4O. The van der Waals surface area contributed by atoms with E-state index in [1.165, 1.54) is 0 Å². The maximum Gasteiger partial charge on any atom is 0.408 e. The lowest BCUT2D eigenvalue weighted by molar-refractivity contribution is -0.143. The maximum atomic E-state index is 12.9. The van der Waals surface area contributed by atoms with Crippen molar-refractivity contribution in [3.63, 3.8) is 0 Å². The molecule has 0 aliphatic carbocycles. The third-order valence-corrected chi connectivity index (χ3v) is 4.15. The van der Waals surface area contributed by atoms with Gasteiger partial charge in [-0.1, -0.05) is 18.2 Å². The van der Waals surface area contributed by atoms with Crippen molar-refractivity contribution < 1.29 is 17.9 Å². The predicted octanol–water partition coefficient (Wildman–Crippen LogP) is 3.49. The van der Waals surface area contributed by atoms with Crippen molar-refractivity contribution in [3.05, 3.63) is 36.3 Å². The molecule has 0 saturated carbocycles. The molecule has 0 radical (unpaired) electrons. The fourth-order valence-electron chi connectivity index (χ4n) is 3.05. The summed E-state index contributed by atoms with van der Waals surface area (Å²) >= 11 is 0. The Balaban J connectivity index is 1.80. The lowest BCUT2D eigenvalue weighted by Crippen LogP contribution is -2.22. The van der Waals surface area contributed by atoms with Crippen LogP contribution in [0.5, 0.6) is 0 Å². The van der Waals surface area contributed by atoms with Gasteiger partial charge in [-0.25, -0.2) is 9.67 Å². The highest BCUT2D eigenvalue weighted by molar-refractivity contribution is 5.93. The van der Waals surface area contributed by atoms with Crippen LogP contribution in [0, 0.1) is 0 Å². The van der Waals surface area contributed by atoms with Gasteiger partial charge in [0.05, 0.1) is 6.61 Å². The summed E-state index contributed by atoms with van der Waals surface area (Å²) in [5.41, 5.74) is 1.59. The van der Waals surface area contributed by atoms with Crippen molar-refractivity contribution in [2.75, 3.05) is 13.2 Å². The number of ether oxygens (including phenoxy) is 1. The van der Waals surface area contributed by atoms with E-state index in [1.807, 2.05) is 24.3 Å². The minimum absolute atomic E-state index is 0.154. The molecule has 0 amide bonds. The highest BCUT2D eigenvalue weighted by Crippen LogP contribution is 2.31. The van der Waals surface area contributed by atoms with Gasteiger partial charge < -0.3 is 9.72 Å². The molecule has 1 atom stereocenters. The molecule has 1 unspecified atom stereocenters. The number of alkyl halides is 3. The maximum absolute atomic E-state index is 12.9. The summed E-state index contributed by atoms with van der Waals surface area (Å²) in [5.74, 6) is 0.488. The van der Waals surface area contributed by atoms with Gasteiger partial charge in [0.2, 0.25) is 0 Å². The monoisotopic (exact) mass is 336 g/mol. The summed E-state index contributed by atoms with van der Waals surface area (Å²) in [6.45, 7) is -0.232. The smallest absolute Gasteiger partial charge is 0.381 e. The predicted molar refractivity (Wildman–Crippen MR) is 81.5 cm³/mol. The molecule has 4 rings (SSSR count). The molecule has 1 saturated heterocycles. The summed E-state index contributed by atoms with van der Waals surface area (Å²) in [7, 11) is 0. The van der Waals surface area contributed by atoms with Gasteiger partial charge in [0, 0.05) is 35.2 Å². The fourth-order valence-corrected chi connectivity index (χ4v) is 3.05. The highest BCUT2D eigenvalue weighted by Gasteiger charge is 2.33. The normalized spacial score (nSPS) is 18.5. The largest absolute Gasteiger partial charge is 0.408 e. The number of halogens is 3. The molecule has 3 aromatic rings. The van der Waals surface area contributed by atoms with E-state index in [2.05, 4.69) is 15.1 Å². The highest BCUT2D eigenvalue weighted by atomic mass is 19.4. The van der Waals surface area contributed by atoms with E-state index in [-0.39, 0.29) is 5.92 Å². The number of nitrogens with one attached hydrogen (secondary N) is 1. The Kier molecular flexibility index (Phi) is 3.56. The van der Waals surface area contributed by atoms with Crippen molar-refractivity contribution in [3.8, 4) is 11.4 Å². The Hall–Kier alpha value is -2.35. The van der Waals surface area contributed by atoms with E-state index in [0.717, 1.165) is 15.6 Å². The third kappa shape index (κ3) is 2.77. The van der Waals surface area contributed by atoms with E-state index in [9.17, 15) is 13.2 Å². The van der Waals surface area contributed by atoms with Gasteiger partial charge in [-0.05, 0) is 12.5 Å². The van der Waals surface area contributed by atoms with E-state index >= 15 is 0 Å². The van der Waals surface area contributed by atoms with Crippen molar-refractivity contribution in [1.82, 2.24) is 19.7 Å². The molecule has 2 aromatic heterocycles. The molecule has 1 N–H and O–H groups in total. The van der Waals surface area contributed by atoms with Crippen LogP contribution in [0.2, 0.25) is 0 Å². The van der Waals surface area contributed by atoms with Crippen LogP contribution in [0.3, 0.4) is 0 Å². The molecule has 1 aromatic carbocycles. The number of hydrogen-bond acceptors (Lipinski definition) is 3. The minimum Gasteiger partial charge on any atom is -0.381 e. The molecule has 24 heavy (non-hydrogen) atoms. The molecule has 5 nitrogen and oxygen atoms in total. The average Bonchev–Trinajstić information content (AvgIpc) is 3.24. The number of benzene rings is 1. The Labute approximate surface area is 135 Å². The first-order valence-corrected chi connectivity index (χ1v) is 7.67. The second kappa shape index (κ2) is 5.62. The SMILES string of the molecule is FC(F)(F)Cn1nc(-c2c[nH]c3ccccc23)nc1C1CCOC1. The Morgan fingerprint density at radius 1 is 1.29 bits per heavy atom. The topological polar surface area (TPSA) is 55.7 Å². The molecule has 1 aliphatic heterocycles. The number of fused-ring (bicyclic) bond motifs is 1. The summed E-state index contributed by atoms with van der Waals surface area (Å²) in [6, 6.07) is 7.55. The molecule has 1 aliphatic rings. The minimum atomic E-state index is -4.35.